The number of benzene rings is 2. The van der Waals surface area contributed by atoms with E-state index in [1.54, 1.807) is 24.3 Å². The monoisotopic (exact) mass is 334 g/mol. The molecule has 0 atom stereocenters. The second-order valence-electron chi connectivity index (χ2n) is 5.69. The number of carboxylic acid groups (broad SMARTS) is 1. The minimum atomic E-state index is -0.920. The molecule has 1 heterocycles. The zero-order valence-electron chi connectivity index (χ0n) is 13.5. The number of hydrogen-bond donors (Lipinski definition) is 1. The lowest BCUT2D eigenvalue weighted by atomic mass is 10.1. The van der Waals surface area contributed by atoms with Gasteiger partial charge in [0.15, 0.2) is 18.9 Å². The van der Waals surface area contributed by atoms with E-state index in [0.29, 0.717) is 6.54 Å². The highest BCUT2D eigenvalue weighted by Crippen LogP contribution is 2.09. The smallest absolute Gasteiger partial charge is 0.335 e. The van der Waals surface area contributed by atoms with Crippen LogP contribution in [-0.2, 0) is 6.54 Å². The third-order valence-electron chi connectivity index (χ3n) is 3.82. The molecule has 0 aliphatic carbocycles. The standard InChI is InChI=1S/C21H16FNO2/c22-20-9-5-16(6-10-20)1-2-17-11-13-23(14-12-17)15-18-3-7-19(8-4-18)21(24)25/h1-14H,15H2/p+1/b2-1-. The van der Waals surface area contributed by atoms with Gasteiger partial charge in [-0.1, -0.05) is 36.4 Å². The largest absolute Gasteiger partial charge is 0.478 e. The van der Waals surface area contributed by atoms with Gasteiger partial charge in [-0.3, -0.25) is 0 Å². The highest BCUT2D eigenvalue weighted by molar-refractivity contribution is 5.87. The molecule has 1 aromatic heterocycles. The number of aromatic carboxylic acids is 1. The van der Waals surface area contributed by atoms with Crippen molar-refractivity contribution in [2.24, 2.45) is 0 Å². The van der Waals surface area contributed by atoms with E-state index in [-0.39, 0.29) is 11.4 Å². The van der Waals surface area contributed by atoms with Crippen LogP contribution in [0.15, 0.2) is 73.1 Å². The van der Waals surface area contributed by atoms with Gasteiger partial charge in [0.05, 0.1) is 5.56 Å². The van der Waals surface area contributed by atoms with Crippen molar-refractivity contribution in [2.75, 3.05) is 0 Å². The maximum absolute atomic E-state index is 12.9. The molecule has 2 aromatic carbocycles. The normalized spacial score (nSPS) is 10.9. The molecular formula is C21H17FNO2+. The Labute approximate surface area is 145 Å². The third-order valence-corrected chi connectivity index (χ3v) is 3.82. The van der Waals surface area contributed by atoms with Gasteiger partial charge < -0.3 is 5.11 Å². The van der Waals surface area contributed by atoms with E-state index in [2.05, 4.69) is 0 Å². The molecule has 0 fully saturated rings. The first-order valence-electron chi connectivity index (χ1n) is 7.85. The summed E-state index contributed by atoms with van der Waals surface area (Å²) in [5, 5.41) is 8.91. The van der Waals surface area contributed by atoms with Crippen LogP contribution in [0.2, 0.25) is 0 Å². The van der Waals surface area contributed by atoms with Gasteiger partial charge in [-0.2, -0.15) is 0 Å². The summed E-state index contributed by atoms with van der Waals surface area (Å²) in [5.41, 5.74) is 3.30. The Morgan fingerprint density at radius 1 is 0.880 bits per heavy atom. The van der Waals surface area contributed by atoms with E-state index >= 15 is 0 Å². The van der Waals surface area contributed by atoms with Gasteiger partial charge in [0.2, 0.25) is 0 Å². The van der Waals surface area contributed by atoms with E-state index in [1.807, 2.05) is 53.4 Å². The van der Waals surface area contributed by atoms with Gasteiger partial charge in [0.25, 0.3) is 0 Å². The predicted molar refractivity (Wildman–Crippen MR) is 94.5 cm³/mol. The van der Waals surface area contributed by atoms with Crippen molar-refractivity contribution in [2.45, 2.75) is 6.54 Å². The molecule has 0 amide bonds. The van der Waals surface area contributed by atoms with Crippen molar-refractivity contribution < 1.29 is 18.9 Å². The second-order valence-corrected chi connectivity index (χ2v) is 5.69. The Balaban J connectivity index is 1.65. The first kappa shape index (κ1) is 16.6. The van der Waals surface area contributed by atoms with Gasteiger partial charge >= 0.3 is 5.97 Å². The summed E-state index contributed by atoms with van der Waals surface area (Å²) in [6, 6.07) is 17.2. The molecule has 0 saturated carbocycles. The summed E-state index contributed by atoms with van der Waals surface area (Å²) in [5.74, 6) is -1.16. The average Bonchev–Trinajstić information content (AvgIpc) is 2.63. The molecule has 0 saturated heterocycles. The molecule has 4 heteroatoms. The summed E-state index contributed by atoms with van der Waals surface area (Å²) in [4.78, 5) is 10.9. The van der Waals surface area contributed by atoms with E-state index in [4.69, 9.17) is 5.11 Å². The third kappa shape index (κ3) is 4.61. The topological polar surface area (TPSA) is 41.2 Å². The summed E-state index contributed by atoms with van der Waals surface area (Å²) < 4.78 is 14.9. The Bertz CT molecular complexity index is 883. The van der Waals surface area contributed by atoms with Gasteiger partial charge in [-0.15, -0.1) is 0 Å². The molecule has 0 aliphatic heterocycles. The van der Waals surface area contributed by atoms with Crippen molar-refractivity contribution in [3.63, 3.8) is 0 Å². The van der Waals surface area contributed by atoms with Crippen LogP contribution in [0.4, 0.5) is 4.39 Å². The molecule has 0 bridgehead atoms. The zero-order chi connectivity index (χ0) is 17.6. The maximum atomic E-state index is 12.9. The molecule has 1 N–H and O–H groups in total. The van der Waals surface area contributed by atoms with Crippen LogP contribution in [0, 0.1) is 5.82 Å². The van der Waals surface area contributed by atoms with E-state index in [0.717, 1.165) is 16.7 Å². The molecule has 0 radical (unpaired) electrons. The Kier molecular flexibility index (Phi) is 5.00. The van der Waals surface area contributed by atoms with Crippen LogP contribution in [0.3, 0.4) is 0 Å². The first-order chi connectivity index (χ1) is 12.1. The highest BCUT2D eigenvalue weighted by Gasteiger charge is 2.05. The zero-order valence-corrected chi connectivity index (χ0v) is 13.5. The van der Waals surface area contributed by atoms with Crippen molar-refractivity contribution >= 4 is 18.1 Å². The molecule has 0 spiro atoms. The number of aromatic nitrogens is 1. The van der Waals surface area contributed by atoms with Gasteiger partial charge in [0, 0.05) is 17.7 Å². The van der Waals surface area contributed by atoms with Crippen LogP contribution >= 0.6 is 0 Å². The fourth-order valence-electron chi connectivity index (χ4n) is 2.42. The number of carbonyl (C=O) groups is 1. The molecule has 3 aromatic rings. The van der Waals surface area contributed by atoms with Crippen LogP contribution < -0.4 is 4.57 Å². The summed E-state index contributed by atoms with van der Waals surface area (Å²) in [6.45, 7) is 0.669. The lowest BCUT2D eigenvalue weighted by Crippen LogP contribution is -2.33. The molecular weight excluding hydrogens is 317 g/mol. The van der Waals surface area contributed by atoms with Gasteiger partial charge in [0.1, 0.15) is 5.82 Å². The minimum Gasteiger partial charge on any atom is -0.478 e. The predicted octanol–water partition coefficient (Wildman–Crippen LogP) is 4.03. The van der Waals surface area contributed by atoms with Crippen LogP contribution in [0.1, 0.15) is 27.0 Å². The van der Waals surface area contributed by atoms with Crippen molar-refractivity contribution in [1.29, 1.82) is 0 Å². The Morgan fingerprint density at radius 2 is 1.44 bits per heavy atom. The molecule has 25 heavy (non-hydrogen) atoms. The minimum absolute atomic E-state index is 0.241. The molecule has 3 rings (SSSR count). The lowest BCUT2D eigenvalue weighted by molar-refractivity contribution is -0.688. The van der Waals surface area contributed by atoms with Gasteiger partial charge in [-0.25, -0.2) is 13.8 Å². The van der Waals surface area contributed by atoms with E-state index in [1.165, 1.54) is 12.1 Å². The summed E-state index contributed by atoms with van der Waals surface area (Å²) in [7, 11) is 0. The van der Waals surface area contributed by atoms with E-state index in [9.17, 15) is 9.18 Å². The number of pyridine rings is 1. The first-order valence-corrected chi connectivity index (χ1v) is 7.85. The molecule has 0 unspecified atom stereocenters. The molecule has 0 aliphatic rings. The van der Waals surface area contributed by atoms with Crippen LogP contribution in [0.25, 0.3) is 12.2 Å². The number of hydrogen-bond acceptors (Lipinski definition) is 1. The summed E-state index contributed by atoms with van der Waals surface area (Å²) >= 11 is 0. The fraction of sp³-hybridized carbons (Fsp3) is 0.0476. The van der Waals surface area contributed by atoms with Crippen molar-refractivity contribution in [3.05, 3.63) is 101 Å². The molecule has 124 valence electrons. The van der Waals surface area contributed by atoms with Crippen LogP contribution in [0.5, 0.6) is 0 Å². The quantitative estimate of drug-likeness (QED) is 0.716. The average molecular weight is 334 g/mol. The molecule has 3 nitrogen and oxygen atoms in total. The van der Waals surface area contributed by atoms with Crippen molar-refractivity contribution in [3.8, 4) is 0 Å². The number of nitrogens with zero attached hydrogens (tertiary/aromatic N) is 1. The van der Waals surface area contributed by atoms with Crippen LogP contribution in [-0.4, -0.2) is 11.1 Å². The Morgan fingerprint density at radius 3 is 2.00 bits per heavy atom. The Hall–Kier alpha value is -3.27. The number of rotatable bonds is 5. The second kappa shape index (κ2) is 7.53. The fourth-order valence-corrected chi connectivity index (χ4v) is 2.42. The lowest BCUT2D eigenvalue weighted by Gasteiger charge is -2.00. The van der Waals surface area contributed by atoms with Crippen molar-refractivity contribution in [1.82, 2.24) is 0 Å². The number of carboxylic acids is 1. The maximum Gasteiger partial charge on any atom is 0.335 e. The SMILES string of the molecule is O=C(O)c1ccc(C[n+]2ccc(/C=C\c3ccc(F)cc3)cc2)cc1. The van der Waals surface area contributed by atoms with E-state index < -0.39 is 5.97 Å². The highest BCUT2D eigenvalue weighted by atomic mass is 19.1. The van der Waals surface area contributed by atoms with Gasteiger partial charge in [-0.05, 0) is 35.4 Å². The number of halogens is 1. The summed E-state index contributed by atoms with van der Waals surface area (Å²) in [6.07, 6.45) is 7.84.